The second-order valence-corrected chi connectivity index (χ2v) is 5.14. The molecule has 0 aliphatic heterocycles. The van der Waals surface area contributed by atoms with E-state index < -0.39 is 0 Å². The zero-order valence-corrected chi connectivity index (χ0v) is 12.5. The van der Waals surface area contributed by atoms with Gasteiger partial charge in [-0.25, -0.2) is 0 Å². The van der Waals surface area contributed by atoms with E-state index in [1.54, 1.807) is 0 Å². The third-order valence-corrected chi connectivity index (χ3v) is 3.66. The summed E-state index contributed by atoms with van der Waals surface area (Å²) in [6.07, 6.45) is 8.75. The Kier molecular flexibility index (Phi) is 7.02. The summed E-state index contributed by atoms with van der Waals surface area (Å²) < 4.78 is 2.04. The Labute approximate surface area is 112 Å². The van der Waals surface area contributed by atoms with Crippen molar-refractivity contribution < 1.29 is 0 Å². The number of unbranched alkanes of at least 4 members (excludes halogenated alkanes) is 3. The summed E-state index contributed by atoms with van der Waals surface area (Å²) in [5.41, 5.74) is 2.55. The maximum Gasteiger partial charge on any atom is 0.0624 e. The molecule has 0 bridgehead atoms. The van der Waals surface area contributed by atoms with Crippen molar-refractivity contribution in [3.8, 4) is 0 Å². The lowest BCUT2D eigenvalue weighted by atomic mass is 10.0. The molecule has 0 aliphatic rings. The Hall–Kier alpha value is -0.830. The van der Waals surface area contributed by atoms with Crippen molar-refractivity contribution in [1.29, 1.82) is 0 Å². The van der Waals surface area contributed by atoms with E-state index in [0.29, 0.717) is 6.04 Å². The minimum absolute atomic E-state index is 0.585. The van der Waals surface area contributed by atoms with Gasteiger partial charge in [-0.3, -0.25) is 4.68 Å². The summed E-state index contributed by atoms with van der Waals surface area (Å²) >= 11 is 0. The first-order chi connectivity index (χ1) is 8.71. The van der Waals surface area contributed by atoms with Crippen LogP contribution in [0, 0.1) is 0 Å². The minimum atomic E-state index is 0.585. The minimum Gasteiger partial charge on any atom is -0.317 e. The predicted octanol–water partition coefficient (Wildman–Crippen LogP) is 3.08. The van der Waals surface area contributed by atoms with E-state index in [4.69, 9.17) is 0 Å². The molecule has 1 atom stereocenters. The lowest BCUT2D eigenvalue weighted by Crippen LogP contribution is -2.28. The highest BCUT2D eigenvalue weighted by molar-refractivity contribution is 5.11. The summed E-state index contributed by atoms with van der Waals surface area (Å²) in [6.45, 7) is 4.42. The van der Waals surface area contributed by atoms with Crippen LogP contribution in [0.3, 0.4) is 0 Å². The van der Waals surface area contributed by atoms with Crippen molar-refractivity contribution in [1.82, 2.24) is 15.1 Å². The molecule has 0 fully saturated rings. The van der Waals surface area contributed by atoms with Gasteiger partial charge < -0.3 is 5.32 Å². The number of aryl methyl sites for hydroxylation is 2. The molecule has 1 aromatic rings. The summed E-state index contributed by atoms with van der Waals surface area (Å²) in [5.74, 6) is 0. The van der Waals surface area contributed by atoms with Crippen LogP contribution in [0.25, 0.3) is 0 Å². The molecule has 104 valence electrons. The fraction of sp³-hybridized carbons (Fsp3) is 0.800. The van der Waals surface area contributed by atoms with Crippen LogP contribution in [-0.4, -0.2) is 22.9 Å². The van der Waals surface area contributed by atoms with Crippen LogP contribution in [0.2, 0.25) is 0 Å². The number of likely N-dealkylation sites (N-methyl/N-ethyl adjacent to an activating group) is 1. The first kappa shape index (κ1) is 15.2. The van der Waals surface area contributed by atoms with Gasteiger partial charge in [-0.2, -0.15) is 5.10 Å². The lowest BCUT2D eigenvalue weighted by molar-refractivity contribution is 0.473. The van der Waals surface area contributed by atoms with Gasteiger partial charge in [0.1, 0.15) is 0 Å². The number of rotatable bonds is 9. The molecule has 1 aromatic heterocycles. The molecule has 0 saturated heterocycles. The second-order valence-electron chi connectivity index (χ2n) is 5.14. The highest BCUT2D eigenvalue weighted by Gasteiger charge is 2.11. The van der Waals surface area contributed by atoms with Gasteiger partial charge in [0.25, 0.3) is 0 Å². The Morgan fingerprint density at radius 2 is 2.06 bits per heavy atom. The van der Waals surface area contributed by atoms with Gasteiger partial charge in [-0.15, -0.1) is 0 Å². The number of nitrogens with one attached hydrogen (secondary N) is 1. The highest BCUT2D eigenvalue weighted by Crippen LogP contribution is 2.12. The lowest BCUT2D eigenvalue weighted by Gasteiger charge is -2.16. The zero-order valence-electron chi connectivity index (χ0n) is 12.5. The van der Waals surface area contributed by atoms with Crippen LogP contribution in [0.1, 0.15) is 57.3 Å². The summed E-state index contributed by atoms with van der Waals surface area (Å²) in [6, 6.07) is 2.83. The maximum absolute atomic E-state index is 4.52. The van der Waals surface area contributed by atoms with Crippen LogP contribution in [0.15, 0.2) is 6.07 Å². The zero-order chi connectivity index (χ0) is 13.4. The van der Waals surface area contributed by atoms with Crippen LogP contribution in [0.4, 0.5) is 0 Å². The number of aromatic nitrogens is 2. The van der Waals surface area contributed by atoms with E-state index in [-0.39, 0.29) is 0 Å². The smallest absolute Gasteiger partial charge is 0.0624 e. The van der Waals surface area contributed by atoms with Crippen LogP contribution >= 0.6 is 0 Å². The van der Waals surface area contributed by atoms with Crippen LogP contribution < -0.4 is 5.32 Å². The van der Waals surface area contributed by atoms with E-state index in [2.05, 4.69) is 44.4 Å². The summed E-state index contributed by atoms with van der Waals surface area (Å²) in [5, 5.41) is 7.96. The Morgan fingerprint density at radius 1 is 1.28 bits per heavy atom. The van der Waals surface area contributed by atoms with Crippen LogP contribution in [-0.2, 0) is 19.9 Å². The highest BCUT2D eigenvalue weighted by atomic mass is 15.3. The van der Waals surface area contributed by atoms with Crippen molar-refractivity contribution in [2.24, 2.45) is 7.05 Å². The summed E-state index contributed by atoms with van der Waals surface area (Å²) in [7, 11) is 4.12. The molecule has 1 unspecified atom stereocenters. The number of hydrogen-bond acceptors (Lipinski definition) is 2. The van der Waals surface area contributed by atoms with Crippen molar-refractivity contribution in [3.05, 3.63) is 17.5 Å². The average Bonchev–Trinajstić information content (AvgIpc) is 2.74. The topological polar surface area (TPSA) is 29.9 Å². The molecule has 0 spiro atoms. The third-order valence-electron chi connectivity index (χ3n) is 3.66. The molecule has 3 heteroatoms. The van der Waals surface area contributed by atoms with Gasteiger partial charge in [0.05, 0.1) is 5.69 Å². The fourth-order valence-electron chi connectivity index (χ4n) is 2.35. The molecule has 1 N–H and O–H groups in total. The average molecular weight is 251 g/mol. The first-order valence-corrected chi connectivity index (χ1v) is 7.40. The van der Waals surface area contributed by atoms with Gasteiger partial charge in [0.2, 0.25) is 0 Å². The SMILES string of the molecule is CCCCCCC(Cc1cc(CC)nn1C)NC. The van der Waals surface area contributed by atoms with Crippen molar-refractivity contribution >= 4 is 0 Å². The van der Waals surface area contributed by atoms with Gasteiger partial charge in [-0.05, 0) is 26.0 Å². The molecule has 1 heterocycles. The summed E-state index contributed by atoms with van der Waals surface area (Å²) in [4.78, 5) is 0. The molecule has 18 heavy (non-hydrogen) atoms. The maximum atomic E-state index is 4.52. The quantitative estimate of drug-likeness (QED) is 0.684. The number of nitrogens with zero attached hydrogens (tertiary/aromatic N) is 2. The van der Waals surface area contributed by atoms with Crippen molar-refractivity contribution in [2.75, 3.05) is 7.05 Å². The van der Waals surface area contributed by atoms with E-state index in [9.17, 15) is 0 Å². The van der Waals surface area contributed by atoms with E-state index in [0.717, 1.165) is 12.8 Å². The standard InChI is InChI=1S/C15H29N3/c1-5-7-8-9-10-14(16-3)12-15-11-13(6-2)17-18(15)4/h11,14,16H,5-10,12H2,1-4H3. The van der Waals surface area contributed by atoms with Gasteiger partial charge in [-0.1, -0.05) is 39.5 Å². The third kappa shape index (κ3) is 4.81. The van der Waals surface area contributed by atoms with E-state index in [1.165, 1.54) is 43.5 Å². The number of hydrogen-bond donors (Lipinski definition) is 1. The predicted molar refractivity (Wildman–Crippen MR) is 77.9 cm³/mol. The molecule has 0 saturated carbocycles. The van der Waals surface area contributed by atoms with Gasteiger partial charge >= 0.3 is 0 Å². The van der Waals surface area contributed by atoms with Crippen molar-refractivity contribution in [3.63, 3.8) is 0 Å². The molecule has 3 nitrogen and oxygen atoms in total. The van der Waals surface area contributed by atoms with E-state index >= 15 is 0 Å². The molecular formula is C15H29N3. The molecule has 0 aliphatic carbocycles. The largest absolute Gasteiger partial charge is 0.317 e. The Morgan fingerprint density at radius 3 is 2.61 bits per heavy atom. The second kappa shape index (κ2) is 8.30. The Bertz CT molecular complexity index is 330. The fourth-order valence-corrected chi connectivity index (χ4v) is 2.35. The van der Waals surface area contributed by atoms with Crippen molar-refractivity contribution in [2.45, 2.75) is 64.8 Å². The Balaban J connectivity index is 2.43. The molecule has 0 amide bonds. The molecular weight excluding hydrogens is 222 g/mol. The molecule has 0 aromatic carbocycles. The first-order valence-electron chi connectivity index (χ1n) is 7.40. The molecule has 1 rings (SSSR count). The van der Waals surface area contributed by atoms with Gasteiger partial charge in [0, 0.05) is 25.2 Å². The monoisotopic (exact) mass is 251 g/mol. The van der Waals surface area contributed by atoms with Crippen LogP contribution in [0.5, 0.6) is 0 Å². The molecule has 0 radical (unpaired) electrons. The van der Waals surface area contributed by atoms with E-state index in [1.807, 2.05) is 4.68 Å². The van der Waals surface area contributed by atoms with Gasteiger partial charge in [0.15, 0.2) is 0 Å². The normalized spacial score (nSPS) is 12.9.